The molecule has 7 rings (SSSR count). The van der Waals surface area contributed by atoms with Crippen molar-refractivity contribution in [3.8, 4) is 0 Å². The Morgan fingerprint density at radius 3 is 1.59 bits per heavy atom. The average molecular weight is 601 g/mol. The number of esters is 3. The van der Waals surface area contributed by atoms with E-state index in [1.807, 2.05) is 36.4 Å². The van der Waals surface area contributed by atoms with E-state index in [0.717, 1.165) is 43.2 Å². The Hall–Kier alpha value is -3.23. The number of hydrogen-bond donors (Lipinski definition) is 0. The summed E-state index contributed by atoms with van der Waals surface area (Å²) in [5.74, 6) is -2.53. The first-order chi connectivity index (χ1) is 21.3. The fraction of sp³-hybridized carbons (Fsp3) is 0.583. The van der Waals surface area contributed by atoms with Crippen molar-refractivity contribution < 1.29 is 28.6 Å². The zero-order valence-corrected chi connectivity index (χ0v) is 25.9. The molecule has 234 valence electrons. The van der Waals surface area contributed by atoms with Crippen LogP contribution in [0, 0.1) is 11.8 Å². The minimum Gasteiger partial charge on any atom is -0.462 e. The lowest BCUT2D eigenvalue weighted by molar-refractivity contribution is -0.181. The number of carbonyl (C=O) groups excluding carboxylic acids is 3. The van der Waals surface area contributed by atoms with Crippen LogP contribution >= 0.6 is 0 Å². The second-order valence-corrected chi connectivity index (χ2v) is 13.8. The average Bonchev–Trinajstić information content (AvgIpc) is 3.27. The summed E-state index contributed by atoms with van der Waals surface area (Å²) in [5.41, 5.74) is 2.07. The van der Waals surface area contributed by atoms with Crippen LogP contribution in [0.4, 0.5) is 0 Å². The summed E-state index contributed by atoms with van der Waals surface area (Å²) < 4.78 is 18.3. The van der Waals surface area contributed by atoms with Crippen molar-refractivity contribution in [2.24, 2.45) is 11.8 Å². The molecule has 2 aromatic carbocycles. The molecule has 4 heterocycles. The van der Waals surface area contributed by atoms with Gasteiger partial charge >= 0.3 is 17.9 Å². The topological polar surface area (TPSA) is 85.4 Å². The number of benzene rings is 2. The molecule has 4 bridgehead atoms. The summed E-state index contributed by atoms with van der Waals surface area (Å²) in [4.78, 5) is 44.9. The van der Waals surface area contributed by atoms with Crippen molar-refractivity contribution in [3.05, 3.63) is 71.8 Å². The van der Waals surface area contributed by atoms with E-state index in [1.165, 1.54) is 6.92 Å². The van der Waals surface area contributed by atoms with Crippen molar-refractivity contribution in [1.29, 1.82) is 0 Å². The molecule has 0 aromatic heterocycles. The van der Waals surface area contributed by atoms with Gasteiger partial charge in [0.1, 0.15) is 18.3 Å². The highest BCUT2D eigenvalue weighted by molar-refractivity contribution is 5.87. The maximum atomic E-state index is 14.3. The third kappa shape index (κ3) is 5.34. The molecule has 0 spiro atoms. The Morgan fingerprint density at radius 2 is 1.09 bits per heavy atom. The van der Waals surface area contributed by atoms with Gasteiger partial charge in [0.2, 0.25) is 0 Å². The first kappa shape index (κ1) is 29.5. The molecular weight excluding hydrogens is 556 g/mol. The van der Waals surface area contributed by atoms with Crippen LogP contribution in [0.3, 0.4) is 0 Å². The number of likely N-dealkylation sites (N-methyl/N-ethyl adjacent to an activating group) is 1. The number of hydrogen-bond acceptors (Lipinski definition) is 8. The normalized spacial score (nSPS) is 38.0. The highest BCUT2D eigenvalue weighted by atomic mass is 16.6. The summed E-state index contributed by atoms with van der Waals surface area (Å²) in [5, 5.41) is 0. The minimum atomic E-state index is -0.639. The molecule has 10 atom stereocenters. The molecule has 0 N–H and O–H groups in total. The van der Waals surface area contributed by atoms with Crippen molar-refractivity contribution in [2.75, 3.05) is 14.1 Å². The van der Waals surface area contributed by atoms with Gasteiger partial charge in [-0.25, -0.2) is 0 Å². The van der Waals surface area contributed by atoms with Crippen LogP contribution in [0.15, 0.2) is 60.7 Å². The molecule has 8 nitrogen and oxygen atoms in total. The van der Waals surface area contributed by atoms with E-state index in [-0.39, 0.29) is 60.1 Å². The predicted octanol–water partition coefficient (Wildman–Crippen LogP) is 4.68. The summed E-state index contributed by atoms with van der Waals surface area (Å²) in [6.07, 6.45) is 5.42. The maximum absolute atomic E-state index is 14.3. The van der Waals surface area contributed by atoms with E-state index in [9.17, 15) is 14.4 Å². The van der Waals surface area contributed by atoms with Crippen LogP contribution in [-0.4, -0.2) is 84.3 Å². The van der Waals surface area contributed by atoms with E-state index in [1.54, 1.807) is 0 Å². The van der Waals surface area contributed by atoms with Gasteiger partial charge in [-0.2, -0.15) is 0 Å². The van der Waals surface area contributed by atoms with E-state index in [4.69, 9.17) is 14.2 Å². The smallest absolute Gasteiger partial charge is 0.310 e. The summed E-state index contributed by atoms with van der Waals surface area (Å²) >= 11 is 0. The SMILES string of the molecule is CC(=O)OC1CC2CC(OC(=O)C3C(C(=O)OC4CC5CCC(C4)N5C)C(c4ccccc4)C3c3ccccc3)CC1N2C. The van der Waals surface area contributed by atoms with Gasteiger partial charge in [0.15, 0.2) is 0 Å². The molecule has 0 amide bonds. The molecule has 44 heavy (non-hydrogen) atoms. The van der Waals surface area contributed by atoms with Crippen molar-refractivity contribution in [1.82, 2.24) is 9.80 Å². The van der Waals surface area contributed by atoms with Gasteiger partial charge in [-0.1, -0.05) is 60.7 Å². The molecule has 4 aliphatic heterocycles. The van der Waals surface area contributed by atoms with Gasteiger partial charge in [0.25, 0.3) is 0 Å². The van der Waals surface area contributed by atoms with Crippen LogP contribution in [0.1, 0.15) is 74.8 Å². The number of fused-ring (bicyclic) bond motifs is 4. The highest BCUT2D eigenvalue weighted by Gasteiger charge is 2.61. The molecule has 0 radical (unpaired) electrons. The lowest BCUT2D eigenvalue weighted by atomic mass is 9.52. The second-order valence-electron chi connectivity index (χ2n) is 13.8. The van der Waals surface area contributed by atoms with Crippen molar-refractivity contribution >= 4 is 17.9 Å². The van der Waals surface area contributed by atoms with Crippen LogP contribution < -0.4 is 0 Å². The van der Waals surface area contributed by atoms with E-state index in [0.29, 0.717) is 24.9 Å². The van der Waals surface area contributed by atoms with Crippen LogP contribution in [-0.2, 0) is 28.6 Å². The Balaban J connectivity index is 1.15. The van der Waals surface area contributed by atoms with Crippen LogP contribution in [0.25, 0.3) is 0 Å². The molecule has 10 unspecified atom stereocenters. The first-order valence-electron chi connectivity index (χ1n) is 16.4. The zero-order chi connectivity index (χ0) is 30.5. The molecule has 5 aliphatic rings. The number of nitrogens with zero attached hydrogens (tertiary/aromatic N) is 2. The highest BCUT2D eigenvalue weighted by Crippen LogP contribution is 2.59. The van der Waals surface area contributed by atoms with Crippen molar-refractivity contribution in [2.45, 2.75) is 106 Å². The number of carbonyl (C=O) groups is 3. The summed E-state index contributed by atoms with van der Waals surface area (Å²) in [6.45, 7) is 1.44. The Kier molecular flexibility index (Phi) is 8.00. The lowest BCUT2D eigenvalue weighted by Crippen LogP contribution is -2.54. The van der Waals surface area contributed by atoms with Gasteiger partial charge in [0.05, 0.1) is 17.9 Å². The first-order valence-corrected chi connectivity index (χ1v) is 16.4. The largest absolute Gasteiger partial charge is 0.462 e. The third-order valence-electron chi connectivity index (χ3n) is 11.5. The van der Waals surface area contributed by atoms with Crippen molar-refractivity contribution in [3.63, 3.8) is 0 Å². The fourth-order valence-electron chi connectivity index (χ4n) is 9.27. The maximum Gasteiger partial charge on any atom is 0.310 e. The fourth-order valence-corrected chi connectivity index (χ4v) is 9.27. The molecule has 1 aliphatic carbocycles. The van der Waals surface area contributed by atoms with Gasteiger partial charge in [-0.3, -0.25) is 19.3 Å². The minimum absolute atomic E-state index is 0.0133. The van der Waals surface area contributed by atoms with Gasteiger partial charge < -0.3 is 19.1 Å². The lowest BCUT2D eigenvalue weighted by Gasteiger charge is -2.50. The predicted molar refractivity (Wildman–Crippen MR) is 164 cm³/mol. The summed E-state index contributed by atoms with van der Waals surface area (Å²) in [6, 6.07) is 21.2. The van der Waals surface area contributed by atoms with Gasteiger partial charge in [-0.15, -0.1) is 0 Å². The Labute approximate surface area is 260 Å². The Bertz CT molecular complexity index is 1360. The van der Waals surface area contributed by atoms with Crippen LogP contribution in [0.2, 0.25) is 0 Å². The quantitative estimate of drug-likeness (QED) is 0.335. The number of piperidine rings is 2. The van der Waals surface area contributed by atoms with Gasteiger partial charge in [0, 0.05) is 56.1 Å². The van der Waals surface area contributed by atoms with E-state index in [2.05, 4.69) is 48.2 Å². The molecule has 5 fully saturated rings. The van der Waals surface area contributed by atoms with Crippen LogP contribution in [0.5, 0.6) is 0 Å². The zero-order valence-electron chi connectivity index (χ0n) is 25.9. The monoisotopic (exact) mass is 600 g/mol. The molecule has 4 saturated heterocycles. The summed E-state index contributed by atoms with van der Waals surface area (Å²) in [7, 11) is 4.23. The van der Waals surface area contributed by atoms with Gasteiger partial charge in [-0.05, 0) is 50.9 Å². The molecule has 8 heteroatoms. The van der Waals surface area contributed by atoms with E-state index >= 15 is 0 Å². The second kappa shape index (κ2) is 11.9. The molecule has 1 saturated carbocycles. The molecular formula is C36H44N2O6. The Morgan fingerprint density at radius 1 is 0.614 bits per heavy atom. The standard InChI is InChI=1S/C36H44N2O6/c1-21(39)42-30-19-26-18-28(20-29(30)38(26)3)44-36(41)34-32(23-12-8-5-9-13-23)31(22-10-6-4-7-11-22)33(34)35(40)43-27-16-24-14-15-25(17-27)37(24)2/h4-13,24-34H,14-20H2,1-3H3. The number of ether oxygens (including phenoxy) is 3. The van der Waals surface area contributed by atoms with E-state index < -0.39 is 11.8 Å². The third-order valence-corrected chi connectivity index (χ3v) is 11.5. The molecule has 2 aromatic rings. The number of rotatable bonds is 7.